The first-order valence-corrected chi connectivity index (χ1v) is 9.31. The fourth-order valence-electron chi connectivity index (χ4n) is 3.28. The van der Waals surface area contributed by atoms with Crippen LogP contribution in [0.2, 0.25) is 0 Å². The Hall–Kier alpha value is -1.80. The molecule has 1 fully saturated rings. The monoisotopic (exact) mass is 386 g/mol. The second kappa shape index (κ2) is 7.84. The fourth-order valence-corrected chi connectivity index (χ4v) is 4.33. The maximum atomic E-state index is 12.9. The predicted molar refractivity (Wildman–Crippen MR) is 92.8 cm³/mol. The number of furan rings is 1. The molecule has 1 saturated heterocycles. The Kier molecular flexibility index (Phi) is 5.72. The lowest BCUT2D eigenvalue weighted by atomic mass is 10.2. The second-order valence-corrected chi connectivity index (χ2v) is 7.84. The van der Waals surface area contributed by atoms with E-state index in [-0.39, 0.29) is 19.1 Å². The number of halogens is 3. The smallest absolute Gasteiger partial charge is 0.406 e. The van der Waals surface area contributed by atoms with Crippen LogP contribution in [0.25, 0.3) is 0 Å². The highest BCUT2D eigenvalue weighted by atomic mass is 32.1. The first kappa shape index (κ1) is 19.0. The maximum absolute atomic E-state index is 12.9. The van der Waals surface area contributed by atoms with Crippen LogP contribution in [-0.2, 0) is 11.3 Å². The number of hydrogen-bond acceptors (Lipinski definition) is 4. The molecule has 8 heteroatoms. The van der Waals surface area contributed by atoms with E-state index in [9.17, 15) is 18.0 Å². The van der Waals surface area contributed by atoms with Crippen LogP contribution in [0.1, 0.15) is 34.4 Å². The van der Waals surface area contributed by atoms with Gasteiger partial charge in [-0.1, -0.05) is 0 Å². The molecular formula is C18H21F3N2O2S. The highest BCUT2D eigenvalue weighted by molar-refractivity contribution is 7.12. The summed E-state index contributed by atoms with van der Waals surface area (Å²) in [6, 6.07) is 7.36. The molecule has 0 saturated carbocycles. The summed E-state index contributed by atoms with van der Waals surface area (Å²) in [4.78, 5) is 17.8. The molecule has 1 aliphatic heterocycles. The van der Waals surface area contributed by atoms with E-state index in [1.807, 2.05) is 24.0 Å². The molecule has 142 valence electrons. The molecule has 4 nitrogen and oxygen atoms in total. The molecule has 0 radical (unpaired) electrons. The van der Waals surface area contributed by atoms with Gasteiger partial charge in [-0.25, -0.2) is 0 Å². The first-order chi connectivity index (χ1) is 12.3. The Labute approximate surface area is 154 Å². The molecule has 3 rings (SSSR count). The zero-order chi connectivity index (χ0) is 18.7. The van der Waals surface area contributed by atoms with Crippen LogP contribution in [0.5, 0.6) is 0 Å². The van der Waals surface area contributed by atoms with Crippen LogP contribution in [0.3, 0.4) is 0 Å². The fraction of sp³-hybridized carbons (Fsp3) is 0.500. The maximum Gasteiger partial charge on any atom is 0.406 e. The van der Waals surface area contributed by atoms with Crippen LogP contribution in [-0.4, -0.2) is 41.5 Å². The third-order valence-corrected chi connectivity index (χ3v) is 5.54. The standard InChI is InChI=1S/C18H21F3N2O2S/c1-13-6-7-16(26-13)15-5-2-8-22(15)11-17(24)23(12-18(19,20)21)10-14-4-3-9-25-14/h3-4,6-7,9,15H,2,5,8,10-12H2,1H3. The second-order valence-electron chi connectivity index (χ2n) is 6.52. The summed E-state index contributed by atoms with van der Waals surface area (Å²) in [5, 5.41) is 0. The predicted octanol–water partition coefficient (Wildman–Crippen LogP) is 4.38. The number of hydrogen-bond donors (Lipinski definition) is 0. The van der Waals surface area contributed by atoms with Crippen LogP contribution in [0.15, 0.2) is 34.9 Å². The van der Waals surface area contributed by atoms with Gasteiger partial charge in [0.2, 0.25) is 5.91 Å². The van der Waals surface area contributed by atoms with Crippen molar-refractivity contribution in [3.63, 3.8) is 0 Å². The lowest BCUT2D eigenvalue weighted by Crippen LogP contribution is -2.43. The van der Waals surface area contributed by atoms with Crippen molar-refractivity contribution in [3.8, 4) is 0 Å². The number of likely N-dealkylation sites (tertiary alicyclic amines) is 1. The number of carbonyl (C=O) groups excluding carboxylic acids is 1. The van der Waals surface area contributed by atoms with E-state index in [0.29, 0.717) is 12.3 Å². The number of rotatable bonds is 6. The largest absolute Gasteiger partial charge is 0.467 e. The van der Waals surface area contributed by atoms with Crippen molar-refractivity contribution < 1.29 is 22.4 Å². The summed E-state index contributed by atoms with van der Waals surface area (Å²) in [5.41, 5.74) is 0. The summed E-state index contributed by atoms with van der Waals surface area (Å²) in [5.74, 6) is -0.187. The summed E-state index contributed by atoms with van der Waals surface area (Å²) < 4.78 is 43.9. The minimum atomic E-state index is -4.45. The van der Waals surface area contributed by atoms with E-state index in [2.05, 4.69) is 0 Å². The quantitative estimate of drug-likeness (QED) is 0.739. The van der Waals surface area contributed by atoms with E-state index in [4.69, 9.17) is 4.42 Å². The van der Waals surface area contributed by atoms with Crippen molar-refractivity contribution >= 4 is 17.2 Å². The number of carbonyl (C=O) groups is 1. The molecule has 26 heavy (non-hydrogen) atoms. The van der Waals surface area contributed by atoms with Gasteiger partial charge in [-0.15, -0.1) is 11.3 Å². The minimum absolute atomic E-state index is 0.0155. The van der Waals surface area contributed by atoms with Gasteiger partial charge in [0.25, 0.3) is 0 Å². The SMILES string of the molecule is Cc1ccc(C2CCCN2CC(=O)N(Cc2ccco2)CC(F)(F)F)s1. The van der Waals surface area contributed by atoms with Crippen molar-refractivity contribution in [2.75, 3.05) is 19.6 Å². The zero-order valence-electron chi connectivity index (χ0n) is 14.5. The number of thiophene rings is 1. The average molecular weight is 386 g/mol. The number of aryl methyl sites for hydroxylation is 1. The summed E-state index contributed by atoms with van der Waals surface area (Å²) in [6.45, 7) is 1.27. The Morgan fingerprint density at radius 2 is 2.19 bits per heavy atom. The van der Waals surface area contributed by atoms with E-state index < -0.39 is 18.6 Å². The molecule has 1 unspecified atom stereocenters. The number of alkyl halides is 3. The highest BCUT2D eigenvalue weighted by Crippen LogP contribution is 2.35. The van der Waals surface area contributed by atoms with Crippen molar-refractivity contribution in [1.82, 2.24) is 9.80 Å². The molecule has 0 spiro atoms. The Balaban J connectivity index is 1.69. The van der Waals surface area contributed by atoms with E-state index in [0.717, 1.165) is 17.7 Å². The summed E-state index contributed by atoms with van der Waals surface area (Å²) in [7, 11) is 0. The van der Waals surface area contributed by atoms with E-state index in [1.165, 1.54) is 16.0 Å². The normalized spacial score (nSPS) is 18.4. The third kappa shape index (κ3) is 4.88. The van der Waals surface area contributed by atoms with Gasteiger partial charge in [0.05, 0.1) is 19.4 Å². The lowest BCUT2D eigenvalue weighted by Gasteiger charge is -2.28. The number of amides is 1. The molecule has 0 aliphatic carbocycles. The summed E-state index contributed by atoms with van der Waals surface area (Å²) >= 11 is 1.68. The molecule has 3 heterocycles. The van der Waals surface area contributed by atoms with Gasteiger partial charge in [0, 0.05) is 15.8 Å². The zero-order valence-corrected chi connectivity index (χ0v) is 15.3. The number of nitrogens with zero attached hydrogens (tertiary/aromatic N) is 2. The molecule has 0 aromatic carbocycles. The molecule has 1 atom stereocenters. The highest BCUT2D eigenvalue weighted by Gasteiger charge is 2.35. The van der Waals surface area contributed by atoms with Gasteiger partial charge in [-0.2, -0.15) is 13.2 Å². The first-order valence-electron chi connectivity index (χ1n) is 8.49. The Morgan fingerprint density at radius 3 is 2.81 bits per heavy atom. The van der Waals surface area contributed by atoms with Crippen molar-refractivity contribution in [3.05, 3.63) is 46.0 Å². The van der Waals surface area contributed by atoms with E-state index >= 15 is 0 Å². The van der Waals surface area contributed by atoms with Crippen molar-refractivity contribution in [2.45, 2.75) is 38.5 Å². The molecule has 2 aromatic heterocycles. The van der Waals surface area contributed by atoms with Crippen LogP contribution < -0.4 is 0 Å². The van der Waals surface area contributed by atoms with Crippen molar-refractivity contribution in [1.29, 1.82) is 0 Å². The topological polar surface area (TPSA) is 36.7 Å². The Bertz CT molecular complexity index is 727. The molecule has 0 bridgehead atoms. The Morgan fingerprint density at radius 1 is 1.38 bits per heavy atom. The van der Waals surface area contributed by atoms with Crippen molar-refractivity contribution in [2.24, 2.45) is 0 Å². The van der Waals surface area contributed by atoms with Crippen LogP contribution in [0, 0.1) is 6.92 Å². The summed E-state index contributed by atoms with van der Waals surface area (Å²) in [6.07, 6.45) is -1.20. The van der Waals surface area contributed by atoms with E-state index in [1.54, 1.807) is 23.5 Å². The molecule has 2 aromatic rings. The average Bonchev–Trinajstić information content (AvgIpc) is 3.27. The van der Waals surface area contributed by atoms with Gasteiger partial charge >= 0.3 is 6.18 Å². The van der Waals surface area contributed by atoms with Gasteiger partial charge in [0.1, 0.15) is 12.3 Å². The molecule has 1 amide bonds. The van der Waals surface area contributed by atoms with Crippen LogP contribution in [0.4, 0.5) is 13.2 Å². The van der Waals surface area contributed by atoms with Gasteiger partial charge < -0.3 is 9.32 Å². The molecule has 0 N–H and O–H groups in total. The minimum Gasteiger partial charge on any atom is -0.467 e. The molecular weight excluding hydrogens is 365 g/mol. The third-order valence-electron chi connectivity index (χ3n) is 4.44. The lowest BCUT2D eigenvalue weighted by molar-refractivity contribution is -0.163. The van der Waals surface area contributed by atoms with Gasteiger partial charge in [0.15, 0.2) is 0 Å². The van der Waals surface area contributed by atoms with Crippen LogP contribution >= 0.6 is 11.3 Å². The van der Waals surface area contributed by atoms with Gasteiger partial charge in [-0.3, -0.25) is 9.69 Å². The van der Waals surface area contributed by atoms with Gasteiger partial charge in [-0.05, 0) is 50.6 Å². The molecule has 1 aliphatic rings.